The molecule has 0 spiro atoms. The number of benzene rings is 1. The number of carbonyl (C=O) groups excluding carboxylic acids is 2. The summed E-state index contributed by atoms with van der Waals surface area (Å²) in [4.78, 5) is 26.1. The van der Waals surface area contributed by atoms with E-state index in [2.05, 4.69) is 5.32 Å². The van der Waals surface area contributed by atoms with Crippen molar-refractivity contribution in [1.29, 1.82) is 0 Å². The second-order valence-corrected chi connectivity index (χ2v) is 5.22. The number of carbonyl (C=O) groups is 2. The molecule has 4 heteroatoms. The molecule has 1 rings (SSSR count). The third-order valence-electron chi connectivity index (χ3n) is 3.38. The number of nitrogens with zero attached hydrogens (tertiary/aromatic N) is 1. The highest BCUT2D eigenvalue weighted by Gasteiger charge is 2.25. The van der Waals surface area contributed by atoms with Crippen molar-refractivity contribution < 1.29 is 9.59 Å². The van der Waals surface area contributed by atoms with Gasteiger partial charge in [0.15, 0.2) is 0 Å². The summed E-state index contributed by atoms with van der Waals surface area (Å²) in [5.74, 6) is -0.0577. The number of amides is 2. The first-order valence-electron chi connectivity index (χ1n) is 7.71. The first kappa shape index (κ1) is 17.2. The van der Waals surface area contributed by atoms with Crippen LogP contribution in [-0.4, -0.2) is 29.3 Å². The molecule has 2 amide bonds. The normalized spacial score (nSPS) is 11.8. The van der Waals surface area contributed by atoms with E-state index in [0.717, 1.165) is 18.4 Å². The Morgan fingerprint density at radius 2 is 1.81 bits per heavy atom. The zero-order valence-corrected chi connectivity index (χ0v) is 13.3. The Hall–Kier alpha value is -1.84. The summed E-state index contributed by atoms with van der Waals surface area (Å²) in [6.07, 6.45) is 2.14. The zero-order chi connectivity index (χ0) is 15.7. The van der Waals surface area contributed by atoms with Crippen LogP contribution in [0.25, 0.3) is 0 Å². The summed E-state index contributed by atoms with van der Waals surface area (Å²) in [5.41, 5.74) is 1.04. The van der Waals surface area contributed by atoms with Crippen LogP contribution in [0.3, 0.4) is 0 Å². The van der Waals surface area contributed by atoms with Crippen LogP contribution in [0.2, 0.25) is 0 Å². The van der Waals surface area contributed by atoms with Gasteiger partial charge in [-0.2, -0.15) is 0 Å². The molecule has 1 atom stereocenters. The van der Waals surface area contributed by atoms with Crippen molar-refractivity contribution in [1.82, 2.24) is 10.2 Å². The summed E-state index contributed by atoms with van der Waals surface area (Å²) in [6.45, 7) is 6.89. The molecule has 0 fully saturated rings. The molecule has 1 aromatic carbocycles. The number of hydrogen-bond donors (Lipinski definition) is 1. The van der Waals surface area contributed by atoms with Gasteiger partial charge in [0.1, 0.15) is 6.04 Å². The first-order chi connectivity index (χ1) is 10.1. The molecule has 0 aliphatic rings. The fraction of sp³-hybridized carbons (Fsp3) is 0.529. The Labute approximate surface area is 127 Å². The average Bonchev–Trinajstić information content (AvgIpc) is 2.50. The topological polar surface area (TPSA) is 49.4 Å². The fourth-order valence-electron chi connectivity index (χ4n) is 2.12. The van der Waals surface area contributed by atoms with E-state index in [4.69, 9.17) is 0 Å². The molecule has 4 nitrogen and oxygen atoms in total. The van der Waals surface area contributed by atoms with Gasteiger partial charge in [0.25, 0.3) is 0 Å². The number of rotatable bonds is 8. The minimum atomic E-state index is -0.448. The second kappa shape index (κ2) is 9.16. The molecule has 1 unspecified atom stereocenters. The minimum Gasteiger partial charge on any atom is -0.354 e. The summed E-state index contributed by atoms with van der Waals surface area (Å²) in [6, 6.07) is 9.33. The summed E-state index contributed by atoms with van der Waals surface area (Å²) in [7, 11) is 0. The minimum absolute atomic E-state index is 0.0282. The highest BCUT2D eigenvalue weighted by molar-refractivity contribution is 5.87. The molecule has 0 radical (unpaired) electrons. The standard InChI is InChI=1S/C17H26N2O2/c1-4-9-16(20)19(13-15-10-7-6-8-11-15)14(3)17(21)18-12-5-2/h6-8,10-11,14H,4-5,9,12-13H2,1-3H3,(H,18,21). The number of hydrogen-bond acceptors (Lipinski definition) is 2. The SMILES string of the molecule is CCCNC(=O)C(C)N(Cc1ccccc1)C(=O)CCC. The largest absolute Gasteiger partial charge is 0.354 e. The fourth-order valence-corrected chi connectivity index (χ4v) is 2.12. The maximum Gasteiger partial charge on any atom is 0.242 e. The maximum atomic E-state index is 12.3. The maximum absolute atomic E-state index is 12.3. The van der Waals surface area contributed by atoms with Gasteiger partial charge in [-0.15, -0.1) is 0 Å². The molecular weight excluding hydrogens is 264 g/mol. The van der Waals surface area contributed by atoms with Crippen LogP contribution in [-0.2, 0) is 16.1 Å². The van der Waals surface area contributed by atoms with Gasteiger partial charge < -0.3 is 10.2 Å². The van der Waals surface area contributed by atoms with E-state index in [0.29, 0.717) is 19.5 Å². The molecule has 0 heterocycles. The monoisotopic (exact) mass is 290 g/mol. The van der Waals surface area contributed by atoms with Crippen LogP contribution in [0.15, 0.2) is 30.3 Å². The molecule has 0 bridgehead atoms. The molecule has 21 heavy (non-hydrogen) atoms. The highest BCUT2D eigenvalue weighted by atomic mass is 16.2. The molecule has 0 saturated heterocycles. The van der Waals surface area contributed by atoms with Crippen molar-refractivity contribution in [2.45, 2.75) is 52.6 Å². The van der Waals surface area contributed by atoms with Crippen LogP contribution in [0, 0.1) is 0 Å². The van der Waals surface area contributed by atoms with E-state index < -0.39 is 6.04 Å². The predicted octanol–water partition coefficient (Wildman–Crippen LogP) is 2.73. The summed E-state index contributed by atoms with van der Waals surface area (Å²) >= 11 is 0. The van der Waals surface area contributed by atoms with Gasteiger partial charge in [-0.05, 0) is 25.3 Å². The van der Waals surface area contributed by atoms with E-state index in [1.807, 2.05) is 44.2 Å². The third kappa shape index (κ3) is 5.58. The molecular formula is C17H26N2O2. The quantitative estimate of drug-likeness (QED) is 0.800. The molecule has 116 valence electrons. The second-order valence-electron chi connectivity index (χ2n) is 5.22. The Morgan fingerprint density at radius 1 is 1.14 bits per heavy atom. The molecule has 0 saturated carbocycles. The lowest BCUT2D eigenvalue weighted by Gasteiger charge is -2.28. The van der Waals surface area contributed by atoms with Crippen molar-refractivity contribution in [3.8, 4) is 0 Å². The van der Waals surface area contributed by atoms with E-state index in [1.165, 1.54) is 0 Å². The zero-order valence-electron chi connectivity index (χ0n) is 13.3. The van der Waals surface area contributed by atoms with Crippen molar-refractivity contribution in [3.63, 3.8) is 0 Å². The smallest absolute Gasteiger partial charge is 0.242 e. The Bertz CT molecular complexity index is 445. The summed E-state index contributed by atoms with van der Waals surface area (Å²) in [5, 5.41) is 2.86. The van der Waals surface area contributed by atoms with Crippen LogP contribution >= 0.6 is 0 Å². The van der Waals surface area contributed by atoms with Crippen molar-refractivity contribution in [2.24, 2.45) is 0 Å². The van der Waals surface area contributed by atoms with Crippen LogP contribution < -0.4 is 5.32 Å². The van der Waals surface area contributed by atoms with Gasteiger partial charge in [-0.3, -0.25) is 9.59 Å². The Kier molecular flexibility index (Phi) is 7.51. The lowest BCUT2D eigenvalue weighted by atomic mass is 10.1. The van der Waals surface area contributed by atoms with Gasteiger partial charge in [-0.25, -0.2) is 0 Å². The van der Waals surface area contributed by atoms with Gasteiger partial charge in [0.05, 0.1) is 0 Å². The lowest BCUT2D eigenvalue weighted by Crippen LogP contribution is -2.47. The third-order valence-corrected chi connectivity index (χ3v) is 3.38. The molecule has 0 aromatic heterocycles. The van der Waals surface area contributed by atoms with Crippen LogP contribution in [0.4, 0.5) is 0 Å². The Balaban J connectivity index is 2.81. The predicted molar refractivity (Wildman–Crippen MR) is 84.7 cm³/mol. The van der Waals surface area contributed by atoms with E-state index >= 15 is 0 Å². The average molecular weight is 290 g/mol. The van der Waals surface area contributed by atoms with Crippen LogP contribution in [0.1, 0.15) is 45.6 Å². The number of nitrogens with one attached hydrogen (secondary N) is 1. The van der Waals surface area contributed by atoms with Gasteiger partial charge in [-0.1, -0.05) is 44.2 Å². The molecule has 0 aliphatic heterocycles. The summed E-state index contributed by atoms with van der Waals surface area (Å²) < 4.78 is 0. The van der Waals surface area contributed by atoms with Crippen LogP contribution in [0.5, 0.6) is 0 Å². The van der Waals surface area contributed by atoms with Crippen molar-refractivity contribution in [3.05, 3.63) is 35.9 Å². The van der Waals surface area contributed by atoms with Crippen molar-refractivity contribution >= 4 is 11.8 Å². The van der Waals surface area contributed by atoms with Crippen molar-refractivity contribution in [2.75, 3.05) is 6.54 Å². The Morgan fingerprint density at radius 3 is 2.38 bits per heavy atom. The van der Waals surface area contributed by atoms with Gasteiger partial charge in [0, 0.05) is 19.5 Å². The van der Waals surface area contributed by atoms with E-state index in [-0.39, 0.29) is 11.8 Å². The van der Waals surface area contributed by atoms with E-state index in [9.17, 15) is 9.59 Å². The highest BCUT2D eigenvalue weighted by Crippen LogP contribution is 2.11. The molecule has 1 aromatic rings. The van der Waals surface area contributed by atoms with E-state index in [1.54, 1.807) is 11.8 Å². The molecule has 1 N–H and O–H groups in total. The van der Waals surface area contributed by atoms with Gasteiger partial charge in [0.2, 0.25) is 11.8 Å². The first-order valence-corrected chi connectivity index (χ1v) is 7.71. The molecule has 0 aliphatic carbocycles. The lowest BCUT2D eigenvalue weighted by molar-refractivity contribution is -0.140. The van der Waals surface area contributed by atoms with Gasteiger partial charge >= 0.3 is 0 Å².